The molecule has 2 aromatic carbocycles. The van der Waals surface area contributed by atoms with Crippen LogP contribution in [0.2, 0.25) is 0 Å². The van der Waals surface area contributed by atoms with Crippen LogP contribution in [0.5, 0.6) is 0 Å². The Morgan fingerprint density at radius 2 is 1.40 bits per heavy atom. The molecule has 2 unspecified atom stereocenters. The van der Waals surface area contributed by atoms with Crippen molar-refractivity contribution in [2.75, 3.05) is 0 Å². The van der Waals surface area contributed by atoms with Gasteiger partial charge >= 0.3 is 6.18 Å². The van der Waals surface area contributed by atoms with Crippen LogP contribution in [0.15, 0.2) is 48.5 Å². The van der Waals surface area contributed by atoms with Crippen LogP contribution in [0.4, 0.5) is 13.2 Å². The van der Waals surface area contributed by atoms with Gasteiger partial charge in [-0.3, -0.25) is 0 Å². The van der Waals surface area contributed by atoms with Crippen molar-refractivity contribution >= 4 is 0 Å². The first-order valence-corrected chi connectivity index (χ1v) is 6.73. The molecular weight excluding hydrogens is 261 g/mol. The summed E-state index contributed by atoms with van der Waals surface area (Å²) in [5.74, 6) is 0.150. The van der Waals surface area contributed by atoms with Crippen molar-refractivity contribution in [1.82, 2.24) is 0 Å². The fourth-order valence-electron chi connectivity index (χ4n) is 3.24. The molecule has 0 saturated heterocycles. The van der Waals surface area contributed by atoms with Gasteiger partial charge in [0.05, 0.1) is 5.56 Å². The van der Waals surface area contributed by atoms with Gasteiger partial charge in [-0.25, -0.2) is 0 Å². The van der Waals surface area contributed by atoms with E-state index in [1.165, 1.54) is 17.7 Å². The fourth-order valence-corrected chi connectivity index (χ4v) is 3.24. The van der Waals surface area contributed by atoms with Gasteiger partial charge in [0.25, 0.3) is 0 Å². The summed E-state index contributed by atoms with van der Waals surface area (Å²) < 4.78 is 39.5. The largest absolute Gasteiger partial charge is 0.416 e. The minimum absolute atomic E-state index is 0.154. The third kappa shape index (κ3) is 2.11. The molecule has 3 heteroatoms. The number of alkyl halides is 3. The smallest absolute Gasteiger partial charge is 0.166 e. The van der Waals surface area contributed by atoms with Crippen molar-refractivity contribution in [3.05, 3.63) is 70.8 Å². The zero-order chi connectivity index (χ0) is 14.3. The second-order valence-electron chi connectivity index (χ2n) is 5.40. The molecule has 0 N–H and O–H groups in total. The van der Waals surface area contributed by atoms with E-state index >= 15 is 0 Å². The minimum Gasteiger partial charge on any atom is -0.166 e. The Balaban J connectivity index is 2.13. The maximum absolute atomic E-state index is 13.2. The molecule has 0 heterocycles. The lowest BCUT2D eigenvalue weighted by Gasteiger charge is -2.18. The van der Waals surface area contributed by atoms with Crippen molar-refractivity contribution in [3.63, 3.8) is 0 Å². The monoisotopic (exact) mass is 276 g/mol. The van der Waals surface area contributed by atoms with E-state index in [9.17, 15) is 13.2 Å². The van der Waals surface area contributed by atoms with Crippen molar-refractivity contribution in [2.45, 2.75) is 31.4 Å². The van der Waals surface area contributed by atoms with E-state index in [2.05, 4.69) is 6.92 Å². The Morgan fingerprint density at radius 3 is 2.05 bits per heavy atom. The lowest BCUT2D eigenvalue weighted by atomic mass is 9.89. The summed E-state index contributed by atoms with van der Waals surface area (Å²) in [6.45, 7) is 2.08. The Bertz CT molecular complexity index is 628. The van der Waals surface area contributed by atoms with Gasteiger partial charge in [0.15, 0.2) is 0 Å². The number of benzene rings is 2. The summed E-state index contributed by atoms with van der Waals surface area (Å²) in [5, 5.41) is 0. The average Bonchev–Trinajstić information content (AvgIpc) is 2.76. The van der Waals surface area contributed by atoms with Crippen LogP contribution in [-0.2, 0) is 6.18 Å². The molecule has 0 spiro atoms. The Hall–Kier alpha value is -1.77. The van der Waals surface area contributed by atoms with Gasteiger partial charge in [-0.05, 0) is 35.1 Å². The molecule has 1 aliphatic rings. The average molecular weight is 276 g/mol. The zero-order valence-corrected chi connectivity index (χ0v) is 11.1. The minimum atomic E-state index is -4.29. The number of hydrogen-bond donors (Lipinski definition) is 0. The molecule has 0 nitrogen and oxygen atoms in total. The summed E-state index contributed by atoms with van der Waals surface area (Å²) in [5.41, 5.74) is 2.11. The van der Waals surface area contributed by atoms with Crippen LogP contribution >= 0.6 is 0 Å². The molecule has 20 heavy (non-hydrogen) atoms. The van der Waals surface area contributed by atoms with E-state index in [1.807, 2.05) is 24.3 Å². The summed E-state index contributed by atoms with van der Waals surface area (Å²) in [4.78, 5) is 0. The first kappa shape index (κ1) is 13.2. The van der Waals surface area contributed by atoms with Crippen LogP contribution in [0.25, 0.3) is 0 Å². The lowest BCUT2D eigenvalue weighted by molar-refractivity contribution is -0.138. The molecule has 2 aromatic rings. The summed E-state index contributed by atoms with van der Waals surface area (Å²) in [6.07, 6.45) is -3.55. The number of hydrogen-bond acceptors (Lipinski definition) is 0. The van der Waals surface area contributed by atoms with Crippen LogP contribution in [-0.4, -0.2) is 0 Å². The number of fused-ring (bicyclic) bond motifs is 1. The van der Waals surface area contributed by atoms with Crippen LogP contribution in [0.1, 0.15) is 47.4 Å². The number of halogens is 3. The molecule has 0 fully saturated rings. The van der Waals surface area contributed by atoms with Crippen molar-refractivity contribution < 1.29 is 13.2 Å². The SMILES string of the molecule is CC1CC(c2ccccc2C(F)(F)F)c2ccccc21. The highest BCUT2D eigenvalue weighted by atomic mass is 19.4. The first-order chi connectivity index (χ1) is 9.48. The predicted molar refractivity (Wildman–Crippen MR) is 72.8 cm³/mol. The van der Waals surface area contributed by atoms with Gasteiger partial charge in [-0.1, -0.05) is 49.4 Å². The normalized spacial score (nSPS) is 21.8. The van der Waals surface area contributed by atoms with E-state index in [1.54, 1.807) is 12.1 Å². The predicted octanol–water partition coefficient (Wildman–Crippen LogP) is 5.34. The zero-order valence-electron chi connectivity index (χ0n) is 11.1. The van der Waals surface area contributed by atoms with E-state index in [4.69, 9.17) is 0 Å². The molecule has 1 aliphatic carbocycles. The maximum atomic E-state index is 13.2. The molecule has 104 valence electrons. The molecule has 0 saturated carbocycles. The maximum Gasteiger partial charge on any atom is 0.416 e. The van der Waals surface area contributed by atoms with Crippen molar-refractivity contribution in [2.24, 2.45) is 0 Å². The summed E-state index contributed by atoms with van der Waals surface area (Å²) in [6, 6.07) is 13.8. The van der Waals surface area contributed by atoms with E-state index in [-0.39, 0.29) is 5.92 Å². The molecule has 0 aliphatic heterocycles. The number of rotatable bonds is 1. The Morgan fingerprint density at radius 1 is 0.850 bits per heavy atom. The quantitative estimate of drug-likeness (QED) is 0.659. The van der Waals surface area contributed by atoms with E-state index in [0.29, 0.717) is 11.5 Å². The first-order valence-electron chi connectivity index (χ1n) is 6.73. The second-order valence-corrected chi connectivity index (χ2v) is 5.40. The van der Waals surface area contributed by atoms with E-state index in [0.717, 1.165) is 12.0 Å². The van der Waals surface area contributed by atoms with Gasteiger partial charge < -0.3 is 0 Å². The third-order valence-corrected chi connectivity index (χ3v) is 4.13. The molecular formula is C17H15F3. The molecule has 2 atom stereocenters. The van der Waals surface area contributed by atoms with E-state index < -0.39 is 11.7 Å². The van der Waals surface area contributed by atoms with Crippen LogP contribution in [0.3, 0.4) is 0 Å². The standard InChI is InChI=1S/C17H15F3/c1-11-10-15(13-7-3-2-6-12(11)13)14-8-4-5-9-16(14)17(18,19)20/h2-9,11,15H,10H2,1H3. The summed E-state index contributed by atoms with van der Waals surface area (Å²) in [7, 11) is 0. The van der Waals surface area contributed by atoms with Crippen molar-refractivity contribution in [1.29, 1.82) is 0 Å². The highest BCUT2D eigenvalue weighted by molar-refractivity contribution is 5.47. The van der Waals surface area contributed by atoms with Gasteiger partial charge in [0, 0.05) is 5.92 Å². The Labute approximate surface area is 116 Å². The van der Waals surface area contributed by atoms with Crippen molar-refractivity contribution in [3.8, 4) is 0 Å². The molecule has 0 amide bonds. The second kappa shape index (κ2) is 4.65. The highest BCUT2D eigenvalue weighted by Crippen LogP contribution is 2.47. The summed E-state index contributed by atoms with van der Waals surface area (Å²) >= 11 is 0. The van der Waals surface area contributed by atoms with Gasteiger partial charge in [-0.2, -0.15) is 13.2 Å². The highest BCUT2D eigenvalue weighted by Gasteiger charge is 2.38. The molecule has 0 radical (unpaired) electrons. The van der Waals surface area contributed by atoms with Crippen LogP contribution < -0.4 is 0 Å². The van der Waals surface area contributed by atoms with Gasteiger partial charge in [0.2, 0.25) is 0 Å². The third-order valence-electron chi connectivity index (χ3n) is 4.13. The topological polar surface area (TPSA) is 0 Å². The molecule has 0 bridgehead atoms. The lowest BCUT2D eigenvalue weighted by Crippen LogP contribution is -2.11. The molecule has 3 rings (SSSR count). The van der Waals surface area contributed by atoms with Gasteiger partial charge in [-0.15, -0.1) is 0 Å². The van der Waals surface area contributed by atoms with Gasteiger partial charge in [0.1, 0.15) is 0 Å². The molecule has 0 aromatic heterocycles. The van der Waals surface area contributed by atoms with Crippen LogP contribution in [0, 0.1) is 0 Å². The Kier molecular flexibility index (Phi) is 3.08. The fraction of sp³-hybridized carbons (Fsp3) is 0.294.